The normalized spacial score (nSPS) is 18.9. The molecular weight excluding hydrogens is 192 g/mol. The van der Waals surface area contributed by atoms with Crippen LogP contribution in [0.4, 0.5) is 0 Å². The SMILES string of the molecule is CC(C)(C(=O)NCCN)C1CCOCC1. The number of hydrogen-bond donors (Lipinski definition) is 2. The number of hydrogen-bond acceptors (Lipinski definition) is 3. The van der Waals surface area contributed by atoms with Crippen LogP contribution in [0.5, 0.6) is 0 Å². The number of rotatable bonds is 4. The Morgan fingerprint density at radius 1 is 1.47 bits per heavy atom. The summed E-state index contributed by atoms with van der Waals surface area (Å²) in [6.45, 7) is 6.63. The second-order valence-corrected chi connectivity index (χ2v) is 4.65. The highest BCUT2D eigenvalue weighted by Crippen LogP contribution is 2.34. The van der Waals surface area contributed by atoms with Gasteiger partial charge in [-0.05, 0) is 18.8 Å². The predicted molar refractivity (Wildman–Crippen MR) is 59.4 cm³/mol. The van der Waals surface area contributed by atoms with Crippen molar-refractivity contribution in [3.8, 4) is 0 Å². The van der Waals surface area contributed by atoms with Crippen molar-refractivity contribution in [2.45, 2.75) is 26.7 Å². The average Bonchev–Trinajstić information content (AvgIpc) is 2.27. The van der Waals surface area contributed by atoms with Gasteiger partial charge in [0.1, 0.15) is 0 Å². The van der Waals surface area contributed by atoms with Crippen LogP contribution in [-0.2, 0) is 9.53 Å². The van der Waals surface area contributed by atoms with Gasteiger partial charge in [-0.3, -0.25) is 4.79 Å². The van der Waals surface area contributed by atoms with E-state index < -0.39 is 0 Å². The largest absolute Gasteiger partial charge is 0.381 e. The van der Waals surface area contributed by atoms with Crippen molar-refractivity contribution in [3.05, 3.63) is 0 Å². The third-order valence-electron chi connectivity index (χ3n) is 3.26. The van der Waals surface area contributed by atoms with Gasteiger partial charge in [0.05, 0.1) is 0 Å². The van der Waals surface area contributed by atoms with Crippen LogP contribution >= 0.6 is 0 Å². The van der Waals surface area contributed by atoms with Gasteiger partial charge in [-0.15, -0.1) is 0 Å². The van der Waals surface area contributed by atoms with Crippen LogP contribution in [0.1, 0.15) is 26.7 Å². The van der Waals surface area contributed by atoms with Crippen LogP contribution < -0.4 is 11.1 Å². The Kier molecular flexibility index (Phi) is 4.54. The minimum absolute atomic E-state index is 0.111. The Labute approximate surface area is 91.5 Å². The van der Waals surface area contributed by atoms with Gasteiger partial charge in [0.15, 0.2) is 0 Å². The van der Waals surface area contributed by atoms with Crippen molar-refractivity contribution in [2.75, 3.05) is 26.3 Å². The maximum absolute atomic E-state index is 11.9. The van der Waals surface area contributed by atoms with Crippen LogP contribution in [0.2, 0.25) is 0 Å². The van der Waals surface area contributed by atoms with Crippen molar-refractivity contribution in [1.29, 1.82) is 0 Å². The fraction of sp³-hybridized carbons (Fsp3) is 0.909. The van der Waals surface area contributed by atoms with Gasteiger partial charge >= 0.3 is 0 Å². The van der Waals surface area contributed by atoms with Crippen LogP contribution in [0.15, 0.2) is 0 Å². The van der Waals surface area contributed by atoms with Crippen LogP contribution in [-0.4, -0.2) is 32.2 Å². The molecule has 4 nitrogen and oxygen atoms in total. The van der Waals surface area contributed by atoms with Crippen molar-refractivity contribution in [2.24, 2.45) is 17.1 Å². The predicted octanol–water partition coefficient (Wildman–Crippen LogP) is 0.514. The van der Waals surface area contributed by atoms with Crippen LogP contribution in [0, 0.1) is 11.3 Å². The number of ether oxygens (including phenoxy) is 1. The van der Waals surface area contributed by atoms with E-state index in [1.54, 1.807) is 0 Å². The molecule has 0 aromatic rings. The zero-order chi connectivity index (χ0) is 11.3. The highest BCUT2D eigenvalue weighted by Gasteiger charge is 2.37. The van der Waals surface area contributed by atoms with Crippen molar-refractivity contribution in [1.82, 2.24) is 5.32 Å². The number of nitrogens with one attached hydrogen (secondary N) is 1. The second-order valence-electron chi connectivity index (χ2n) is 4.65. The fourth-order valence-electron chi connectivity index (χ4n) is 2.02. The van der Waals surface area contributed by atoms with Gasteiger partial charge in [-0.1, -0.05) is 13.8 Å². The van der Waals surface area contributed by atoms with Gasteiger partial charge in [0.2, 0.25) is 5.91 Å². The van der Waals surface area contributed by atoms with E-state index in [0.717, 1.165) is 26.1 Å². The Morgan fingerprint density at radius 3 is 2.60 bits per heavy atom. The molecule has 0 saturated carbocycles. The van der Waals surface area contributed by atoms with E-state index in [-0.39, 0.29) is 11.3 Å². The molecule has 0 unspecified atom stereocenters. The summed E-state index contributed by atoms with van der Waals surface area (Å²) in [5.41, 5.74) is 5.06. The summed E-state index contributed by atoms with van der Waals surface area (Å²) in [7, 11) is 0. The van der Waals surface area contributed by atoms with E-state index in [2.05, 4.69) is 5.32 Å². The summed E-state index contributed by atoms with van der Waals surface area (Å²) in [6, 6.07) is 0. The molecule has 1 saturated heterocycles. The lowest BCUT2D eigenvalue weighted by Crippen LogP contribution is -2.45. The molecule has 0 aromatic carbocycles. The van der Waals surface area contributed by atoms with Gasteiger partial charge < -0.3 is 15.8 Å². The Bertz CT molecular complexity index is 211. The number of nitrogens with two attached hydrogens (primary N) is 1. The Morgan fingerprint density at radius 2 is 2.07 bits per heavy atom. The minimum Gasteiger partial charge on any atom is -0.381 e. The summed E-state index contributed by atoms with van der Waals surface area (Å²) >= 11 is 0. The third kappa shape index (κ3) is 3.18. The van der Waals surface area contributed by atoms with Crippen molar-refractivity contribution < 1.29 is 9.53 Å². The molecule has 1 aliphatic heterocycles. The molecule has 3 N–H and O–H groups in total. The molecule has 0 aromatic heterocycles. The van der Waals surface area contributed by atoms with Gasteiger partial charge in [-0.2, -0.15) is 0 Å². The first kappa shape index (κ1) is 12.5. The van der Waals surface area contributed by atoms with E-state index in [9.17, 15) is 4.79 Å². The highest BCUT2D eigenvalue weighted by molar-refractivity contribution is 5.82. The molecule has 88 valence electrons. The van der Waals surface area contributed by atoms with E-state index >= 15 is 0 Å². The molecule has 1 rings (SSSR count). The zero-order valence-electron chi connectivity index (χ0n) is 9.71. The zero-order valence-corrected chi connectivity index (χ0v) is 9.71. The molecule has 0 bridgehead atoms. The first-order valence-corrected chi connectivity index (χ1v) is 5.65. The monoisotopic (exact) mass is 214 g/mol. The Hall–Kier alpha value is -0.610. The van der Waals surface area contributed by atoms with Gasteiger partial charge in [0, 0.05) is 31.7 Å². The van der Waals surface area contributed by atoms with E-state index in [1.165, 1.54) is 0 Å². The lowest BCUT2D eigenvalue weighted by molar-refractivity contribution is -0.134. The minimum atomic E-state index is -0.307. The van der Waals surface area contributed by atoms with Crippen molar-refractivity contribution >= 4 is 5.91 Å². The maximum atomic E-state index is 11.9. The third-order valence-corrected chi connectivity index (χ3v) is 3.26. The number of carbonyl (C=O) groups is 1. The summed E-state index contributed by atoms with van der Waals surface area (Å²) in [4.78, 5) is 11.9. The van der Waals surface area contributed by atoms with Crippen LogP contribution in [0.25, 0.3) is 0 Å². The number of amides is 1. The molecule has 4 heteroatoms. The maximum Gasteiger partial charge on any atom is 0.225 e. The molecule has 0 atom stereocenters. The topological polar surface area (TPSA) is 64.4 Å². The summed E-state index contributed by atoms with van der Waals surface area (Å²) in [5.74, 6) is 0.531. The van der Waals surface area contributed by atoms with Crippen LogP contribution in [0.3, 0.4) is 0 Å². The molecule has 1 amide bonds. The quantitative estimate of drug-likeness (QED) is 0.717. The standard InChI is InChI=1S/C11H22N2O2/c1-11(2,10(14)13-6-5-12)9-3-7-15-8-4-9/h9H,3-8,12H2,1-2H3,(H,13,14). The van der Waals surface area contributed by atoms with Gasteiger partial charge in [-0.25, -0.2) is 0 Å². The molecule has 15 heavy (non-hydrogen) atoms. The smallest absolute Gasteiger partial charge is 0.225 e. The molecule has 1 heterocycles. The first-order valence-electron chi connectivity index (χ1n) is 5.65. The summed E-state index contributed by atoms with van der Waals surface area (Å²) in [5, 5.41) is 2.87. The lowest BCUT2D eigenvalue weighted by Gasteiger charge is -2.35. The van der Waals surface area contributed by atoms with E-state index in [0.29, 0.717) is 19.0 Å². The van der Waals surface area contributed by atoms with Gasteiger partial charge in [0.25, 0.3) is 0 Å². The highest BCUT2D eigenvalue weighted by atomic mass is 16.5. The second kappa shape index (κ2) is 5.47. The number of carbonyl (C=O) groups excluding carboxylic acids is 1. The summed E-state index contributed by atoms with van der Waals surface area (Å²) < 4.78 is 5.30. The van der Waals surface area contributed by atoms with E-state index in [1.807, 2.05) is 13.8 Å². The summed E-state index contributed by atoms with van der Waals surface area (Å²) in [6.07, 6.45) is 1.95. The van der Waals surface area contributed by atoms with E-state index in [4.69, 9.17) is 10.5 Å². The molecule has 1 aliphatic rings. The van der Waals surface area contributed by atoms with Crippen molar-refractivity contribution in [3.63, 3.8) is 0 Å². The average molecular weight is 214 g/mol. The first-order chi connectivity index (χ1) is 7.09. The fourth-order valence-corrected chi connectivity index (χ4v) is 2.02. The molecule has 0 aliphatic carbocycles. The Balaban J connectivity index is 2.51. The molecule has 1 fully saturated rings. The molecule has 0 radical (unpaired) electrons. The molecular formula is C11H22N2O2. The molecule has 0 spiro atoms. The lowest BCUT2D eigenvalue weighted by atomic mass is 9.74.